The quantitative estimate of drug-likeness (QED) is 0.320. The van der Waals surface area contributed by atoms with Gasteiger partial charge in [-0.25, -0.2) is 0 Å². The van der Waals surface area contributed by atoms with E-state index in [0.29, 0.717) is 12.3 Å². The van der Waals surface area contributed by atoms with Crippen LogP contribution in [0.5, 0.6) is 0 Å². The van der Waals surface area contributed by atoms with Gasteiger partial charge >= 0.3 is 0 Å². The number of primary amides is 1. The van der Waals surface area contributed by atoms with Crippen molar-refractivity contribution in [3.05, 3.63) is 0 Å². The molecule has 0 aromatic carbocycles. The highest BCUT2D eigenvalue weighted by Crippen LogP contribution is 2.20. The summed E-state index contributed by atoms with van der Waals surface area (Å²) >= 11 is 0. The van der Waals surface area contributed by atoms with Crippen molar-refractivity contribution in [2.75, 3.05) is 26.7 Å². The number of nitrogens with zero attached hydrogens (tertiary/aromatic N) is 2. The molecule has 0 radical (unpaired) electrons. The Labute approximate surface area is 165 Å². The minimum Gasteiger partial charge on any atom is -0.370 e. The molecule has 1 saturated heterocycles. The average Bonchev–Trinajstić information content (AvgIpc) is 2.52. The van der Waals surface area contributed by atoms with Crippen LogP contribution in [-0.2, 0) is 4.79 Å². The summed E-state index contributed by atoms with van der Waals surface area (Å²) in [4.78, 5) is 17.9. The van der Waals surface area contributed by atoms with Crippen LogP contribution in [0.25, 0.3) is 0 Å². The molecule has 2 unspecified atom stereocenters. The van der Waals surface area contributed by atoms with Gasteiger partial charge in [0.05, 0.1) is 0 Å². The number of carbonyl (C=O) groups excluding carboxylic acids is 1. The first-order valence-corrected chi connectivity index (χ1v) is 9.34. The molecular weight excluding hydrogens is 415 g/mol. The highest BCUT2D eigenvalue weighted by molar-refractivity contribution is 14.0. The number of hydrogen-bond acceptors (Lipinski definition) is 2. The van der Waals surface area contributed by atoms with Gasteiger partial charge in [-0.3, -0.25) is 9.79 Å². The van der Waals surface area contributed by atoms with Crippen LogP contribution in [0.1, 0.15) is 65.2 Å². The van der Waals surface area contributed by atoms with Crippen LogP contribution >= 0.6 is 24.0 Å². The number of amides is 1. The summed E-state index contributed by atoms with van der Waals surface area (Å²) in [6.07, 6.45) is 9.04. The first kappa shape index (κ1) is 23.5. The molecule has 5 nitrogen and oxygen atoms in total. The molecule has 1 aliphatic heterocycles. The molecule has 3 N–H and O–H groups in total. The Morgan fingerprint density at radius 3 is 2.67 bits per heavy atom. The lowest BCUT2D eigenvalue weighted by atomic mass is 9.94. The first-order valence-electron chi connectivity index (χ1n) is 9.34. The van der Waals surface area contributed by atoms with Gasteiger partial charge in [0.2, 0.25) is 5.91 Å². The molecule has 1 heterocycles. The standard InChI is InChI=1S/C18H36N4O.HI/c1-4-6-9-15(8-5-2)13-21-18(20-3)22-11-7-10-16(14-22)12-17(19)23;/h15-16H,4-14H2,1-3H3,(H2,19,23)(H,20,21);1H. The molecule has 24 heavy (non-hydrogen) atoms. The molecule has 1 rings (SSSR count). The second-order valence-electron chi connectivity index (χ2n) is 6.85. The molecule has 6 heteroatoms. The predicted octanol–water partition coefficient (Wildman–Crippen LogP) is 3.37. The molecule has 1 aliphatic rings. The van der Waals surface area contributed by atoms with Crippen molar-refractivity contribution in [2.24, 2.45) is 22.6 Å². The van der Waals surface area contributed by atoms with Gasteiger partial charge in [0.15, 0.2) is 5.96 Å². The van der Waals surface area contributed by atoms with E-state index in [0.717, 1.165) is 44.4 Å². The van der Waals surface area contributed by atoms with E-state index in [-0.39, 0.29) is 29.9 Å². The Balaban J connectivity index is 0.00000529. The lowest BCUT2D eigenvalue weighted by molar-refractivity contribution is -0.119. The summed E-state index contributed by atoms with van der Waals surface area (Å²) < 4.78 is 0. The predicted molar refractivity (Wildman–Crippen MR) is 113 cm³/mol. The maximum atomic E-state index is 11.2. The van der Waals surface area contributed by atoms with Gasteiger partial charge < -0.3 is 16.0 Å². The van der Waals surface area contributed by atoms with E-state index in [1.54, 1.807) is 0 Å². The number of guanidine groups is 1. The van der Waals surface area contributed by atoms with Crippen LogP contribution in [-0.4, -0.2) is 43.4 Å². The minimum atomic E-state index is -0.192. The average molecular weight is 452 g/mol. The molecule has 1 fully saturated rings. The zero-order valence-electron chi connectivity index (χ0n) is 15.7. The Morgan fingerprint density at radius 2 is 2.08 bits per heavy atom. The summed E-state index contributed by atoms with van der Waals surface area (Å²) in [6.45, 7) is 7.41. The highest BCUT2D eigenvalue weighted by Gasteiger charge is 2.23. The molecular formula is C18H37IN4O. The fraction of sp³-hybridized carbons (Fsp3) is 0.889. The summed E-state index contributed by atoms with van der Waals surface area (Å²) in [6, 6.07) is 0. The van der Waals surface area contributed by atoms with Gasteiger partial charge in [0.1, 0.15) is 0 Å². The van der Waals surface area contributed by atoms with E-state index in [1.165, 1.54) is 32.1 Å². The van der Waals surface area contributed by atoms with Crippen LogP contribution in [0, 0.1) is 11.8 Å². The monoisotopic (exact) mass is 452 g/mol. The molecule has 1 amide bonds. The lowest BCUT2D eigenvalue weighted by Gasteiger charge is -2.35. The number of nitrogens with two attached hydrogens (primary N) is 1. The van der Waals surface area contributed by atoms with Gasteiger partial charge in [-0.2, -0.15) is 0 Å². The molecule has 0 aliphatic carbocycles. The number of aliphatic imine (C=N–C) groups is 1. The number of likely N-dealkylation sites (tertiary alicyclic amines) is 1. The zero-order valence-corrected chi connectivity index (χ0v) is 18.1. The smallest absolute Gasteiger partial charge is 0.217 e. The van der Waals surface area contributed by atoms with E-state index < -0.39 is 0 Å². The van der Waals surface area contributed by atoms with Crippen molar-refractivity contribution < 1.29 is 4.79 Å². The second-order valence-corrected chi connectivity index (χ2v) is 6.85. The van der Waals surface area contributed by atoms with E-state index in [4.69, 9.17) is 5.73 Å². The summed E-state index contributed by atoms with van der Waals surface area (Å²) in [5.74, 6) is 1.88. The number of unbranched alkanes of at least 4 members (excludes halogenated alkanes) is 1. The number of halogens is 1. The Bertz CT molecular complexity index is 376. The van der Waals surface area contributed by atoms with Gasteiger partial charge in [-0.15, -0.1) is 24.0 Å². The Hall–Kier alpha value is -0.530. The van der Waals surface area contributed by atoms with Crippen LogP contribution < -0.4 is 11.1 Å². The van der Waals surface area contributed by atoms with Crippen molar-refractivity contribution in [3.8, 4) is 0 Å². The van der Waals surface area contributed by atoms with Crippen molar-refractivity contribution in [1.82, 2.24) is 10.2 Å². The Morgan fingerprint density at radius 1 is 1.33 bits per heavy atom. The maximum absolute atomic E-state index is 11.2. The van der Waals surface area contributed by atoms with Crippen LogP contribution in [0.15, 0.2) is 4.99 Å². The topological polar surface area (TPSA) is 70.7 Å². The number of hydrogen-bond donors (Lipinski definition) is 2. The molecule has 0 spiro atoms. The summed E-state index contributed by atoms with van der Waals surface area (Å²) in [5.41, 5.74) is 5.35. The first-order chi connectivity index (χ1) is 11.1. The zero-order chi connectivity index (χ0) is 17.1. The van der Waals surface area contributed by atoms with E-state index in [2.05, 4.69) is 29.1 Å². The van der Waals surface area contributed by atoms with Crippen molar-refractivity contribution in [3.63, 3.8) is 0 Å². The van der Waals surface area contributed by atoms with Crippen molar-refractivity contribution in [1.29, 1.82) is 0 Å². The largest absolute Gasteiger partial charge is 0.370 e. The molecule has 142 valence electrons. The second kappa shape index (κ2) is 13.7. The van der Waals surface area contributed by atoms with E-state index in [9.17, 15) is 4.79 Å². The summed E-state index contributed by atoms with van der Waals surface area (Å²) in [5, 5.41) is 3.57. The molecule has 0 saturated carbocycles. The number of nitrogens with one attached hydrogen (secondary N) is 1. The fourth-order valence-corrected chi connectivity index (χ4v) is 3.53. The third kappa shape index (κ3) is 9.08. The Kier molecular flexibility index (Phi) is 13.4. The normalized spacial score (nSPS) is 19.5. The maximum Gasteiger partial charge on any atom is 0.217 e. The van der Waals surface area contributed by atoms with Gasteiger partial charge in [-0.05, 0) is 37.5 Å². The minimum absolute atomic E-state index is 0. The van der Waals surface area contributed by atoms with E-state index in [1.807, 2.05) is 7.05 Å². The third-order valence-corrected chi connectivity index (χ3v) is 4.73. The molecule has 0 aromatic rings. The van der Waals surface area contributed by atoms with Crippen molar-refractivity contribution >= 4 is 35.8 Å². The van der Waals surface area contributed by atoms with Gasteiger partial charge in [0.25, 0.3) is 0 Å². The van der Waals surface area contributed by atoms with Gasteiger partial charge in [-0.1, -0.05) is 33.1 Å². The molecule has 0 aromatic heterocycles. The fourth-order valence-electron chi connectivity index (χ4n) is 3.53. The number of carbonyl (C=O) groups is 1. The van der Waals surface area contributed by atoms with Crippen LogP contribution in [0.4, 0.5) is 0 Å². The van der Waals surface area contributed by atoms with Crippen molar-refractivity contribution in [2.45, 2.75) is 65.2 Å². The molecule has 2 atom stereocenters. The van der Waals surface area contributed by atoms with Crippen LogP contribution in [0.3, 0.4) is 0 Å². The lowest BCUT2D eigenvalue weighted by Crippen LogP contribution is -2.48. The summed E-state index contributed by atoms with van der Waals surface area (Å²) in [7, 11) is 1.85. The third-order valence-electron chi connectivity index (χ3n) is 4.73. The molecule has 0 bridgehead atoms. The SMILES string of the molecule is CCCCC(CCC)CNC(=NC)N1CCCC(CC(N)=O)C1.I. The number of piperidine rings is 1. The number of rotatable bonds is 9. The highest BCUT2D eigenvalue weighted by atomic mass is 127. The van der Waals surface area contributed by atoms with Gasteiger partial charge in [0, 0.05) is 33.1 Å². The van der Waals surface area contributed by atoms with E-state index >= 15 is 0 Å². The van der Waals surface area contributed by atoms with Crippen LogP contribution in [0.2, 0.25) is 0 Å².